The number of azo groups is 1. The van der Waals surface area contributed by atoms with Gasteiger partial charge in [0, 0.05) is 0 Å². The van der Waals surface area contributed by atoms with Crippen LogP contribution in [0.25, 0.3) is 0 Å². The number of aliphatic hydroxyl groups excluding tert-OH is 1. The van der Waals surface area contributed by atoms with Gasteiger partial charge in [-0.15, -0.1) is 0 Å². The molecule has 2 aromatic carbocycles. The summed E-state index contributed by atoms with van der Waals surface area (Å²) in [5, 5.41) is 23.1. The van der Waals surface area contributed by atoms with Crippen LogP contribution < -0.4 is 18.5 Å². The van der Waals surface area contributed by atoms with Crippen molar-refractivity contribution in [2.75, 3.05) is 27.0 Å². The van der Waals surface area contributed by atoms with E-state index in [1.165, 1.54) is 10.0 Å². The van der Waals surface area contributed by atoms with E-state index in [4.69, 9.17) is 9.84 Å². The van der Waals surface area contributed by atoms with E-state index in [1.54, 1.807) is 36.4 Å². The van der Waals surface area contributed by atoms with Gasteiger partial charge in [0.05, 0.1) is 46.5 Å². The van der Waals surface area contributed by atoms with E-state index in [0.29, 0.717) is 22.9 Å². The van der Waals surface area contributed by atoms with Gasteiger partial charge in [0.1, 0.15) is 23.9 Å². The Balaban J connectivity index is 1.80. The van der Waals surface area contributed by atoms with Crippen molar-refractivity contribution in [1.29, 1.82) is 0 Å². The van der Waals surface area contributed by atoms with Gasteiger partial charge >= 0.3 is 0 Å². The summed E-state index contributed by atoms with van der Waals surface area (Å²) < 4.78 is 6.74. The normalized spacial score (nSPS) is 13.4. The summed E-state index contributed by atoms with van der Waals surface area (Å²) in [6, 6.07) is 10.8. The Hall–Kier alpha value is -2.99. The molecule has 156 valence electrons. The van der Waals surface area contributed by atoms with Gasteiger partial charge in [0.2, 0.25) is 6.04 Å². The number of Topliss-reactive ketones (excluding diaryl/α,β-unsaturated/α-hetero) is 1. The smallest absolute Gasteiger partial charge is 0.270 e. The van der Waals surface area contributed by atoms with Crippen molar-refractivity contribution >= 4 is 57.3 Å². The molecule has 2 aromatic rings. The molecule has 1 unspecified atom stereocenters. The molecule has 1 atom stereocenters. The van der Waals surface area contributed by atoms with Crippen molar-refractivity contribution in [3.8, 4) is 5.75 Å². The molecule has 0 bridgehead atoms. The molecule has 1 aliphatic heterocycles. The first-order valence-electron chi connectivity index (χ1n) is 9.01. The van der Waals surface area contributed by atoms with E-state index in [2.05, 4.69) is 27.4 Å². The number of rotatable bonds is 8. The number of para-hydroxylation sites is 1. The SMILES string of the molecule is C=C1Nc2ccc(N(I)C(=O)C(N=Nc3ccccc3OCCO)C(C)=O)cc2N1. The van der Waals surface area contributed by atoms with E-state index in [1.807, 2.05) is 28.9 Å². The lowest BCUT2D eigenvalue weighted by molar-refractivity contribution is -0.126. The molecular formula is C20H20IN5O4. The molecule has 0 fully saturated rings. The Bertz CT molecular complexity index is 1010. The minimum Gasteiger partial charge on any atom is -0.489 e. The Morgan fingerprint density at radius 2 is 1.97 bits per heavy atom. The minimum atomic E-state index is -1.30. The van der Waals surface area contributed by atoms with Crippen molar-refractivity contribution in [2.24, 2.45) is 10.2 Å². The van der Waals surface area contributed by atoms with Crippen LogP contribution in [0.4, 0.5) is 22.7 Å². The number of ether oxygens (including phenoxy) is 1. The third-order valence-corrected chi connectivity index (χ3v) is 5.14. The zero-order chi connectivity index (χ0) is 21.7. The Morgan fingerprint density at radius 1 is 1.23 bits per heavy atom. The average Bonchev–Trinajstić information content (AvgIpc) is 3.11. The highest BCUT2D eigenvalue weighted by Crippen LogP contribution is 2.35. The predicted molar refractivity (Wildman–Crippen MR) is 122 cm³/mol. The number of nitrogens with zero attached hydrogens (tertiary/aromatic N) is 3. The molecule has 1 amide bonds. The zero-order valence-corrected chi connectivity index (χ0v) is 18.3. The monoisotopic (exact) mass is 521 g/mol. The van der Waals surface area contributed by atoms with E-state index >= 15 is 0 Å². The van der Waals surface area contributed by atoms with Crippen LogP contribution in [-0.4, -0.2) is 36.1 Å². The maximum Gasteiger partial charge on any atom is 0.270 e. The number of carbonyl (C=O) groups is 2. The summed E-state index contributed by atoms with van der Waals surface area (Å²) in [5.74, 6) is 0.0821. The van der Waals surface area contributed by atoms with E-state index in [0.717, 1.165) is 11.4 Å². The van der Waals surface area contributed by atoms with Crippen LogP contribution >= 0.6 is 22.9 Å². The third kappa shape index (κ3) is 4.94. The van der Waals surface area contributed by atoms with Gasteiger partial charge in [-0.2, -0.15) is 10.2 Å². The molecule has 10 heteroatoms. The first kappa shape index (κ1) is 21.7. The van der Waals surface area contributed by atoms with E-state index in [-0.39, 0.29) is 13.2 Å². The van der Waals surface area contributed by atoms with Gasteiger partial charge in [-0.1, -0.05) is 18.7 Å². The summed E-state index contributed by atoms with van der Waals surface area (Å²) in [5.41, 5.74) is 2.57. The largest absolute Gasteiger partial charge is 0.489 e. The number of nitrogens with one attached hydrogen (secondary N) is 2. The number of aliphatic hydroxyl groups is 1. The molecule has 30 heavy (non-hydrogen) atoms. The van der Waals surface area contributed by atoms with Gasteiger partial charge in [0.15, 0.2) is 5.78 Å². The second kappa shape index (κ2) is 9.67. The quantitative estimate of drug-likeness (QED) is 0.211. The van der Waals surface area contributed by atoms with Crippen LogP contribution in [0.3, 0.4) is 0 Å². The number of amides is 1. The molecule has 0 aromatic heterocycles. The molecule has 0 saturated carbocycles. The minimum absolute atomic E-state index is 0.0940. The first-order chi connectivity index (χ1) is 14.4. The van der Waals surface area contributed by atoms with Gasteiger partial charge in [0.25, 0.3) is 5.91 Å². The van der Waals surface area contributed by atoms with Crippen LogP contribution in [-0.2, 0) is 9.59 Å². The lowest BCUT2D eigenvalue weighted by atomic mass is 10.2. The summed E-state index contributed by atoms with van der Waals surface area (Å²) in [6.45, 7) is 5.04. The molecule has 1 aliphatic rings. The molecule has 0 radical (unpaired) electrons. The Kier molecular flexibility index (Phi) is 7.00. The number of halogens is 1. The van der Waals surface area contributed by atoms with Crippen molar-refractivity contribution in [3.63, 3.8) is 0 Å². The summed E-state index contributed by atoms with van der Waals surface area (Å²) >= 11 is 1.84. The maximum absolute atomic E-state index is 13.0. The van der Waals surface area contributed by atoms with E-state index in [9.17, 15) is 9.59 Å². The number of hydrogen-bond donors (Lipinski definition) is 3. The number of hydrogen-bond acceptors (Lipinski definition) is 8. The second-order valence-electron chi connectivity index (χ2n) is 6.35. The summed E-state index contributed by atoms with van der Waals surface area (Å²) in [7, 11) is 0. The predicted octanol–water partition coefficient (Wildman–Crippen LogP) is 3.79. The zero-order valence-electron chi connectivity index (χ0n) is 16.1. The van der Waals surface area contributed by atoms with Gasteiger partial charge in [-0.05, 0) is 37.3 Å². The third-order valence-electron chi connectivity index (χ3n) is 4.11. The van der Waals surface area contributed by atoms with Crippen molar-refractivity contribution < 1.29 is 19.4 Å². The van der Waals surface area contributed by atoms with Crippen LogP contribution in [0.2, 0.25) is 0 Å². The number of ketones is 1. The van der Waals surface area contributed by atoms with Crippen LogP contribution in [0, 0.1) is 0 Å². The highest BCUT2D eigenvalue weighted by Gasteiger charge is 2.29. The molecule has 0 saturated heterocycles. The van der Waals surface area contributed by atoms with Crippen molar-refractivity contribution in [2.45, 2.75) is 13.0 Å². The topological polar surface area (TPSA) is 116 Å². The fourth-order valence-corrected chi connectivity index (χ4v) is 3.26. The lowest BCUT2D eigenvalue weighted by Gasteiger charge is -2.18. The number of fused-ring (bicyclic) bond motifs is 1. The Labute approximate surface area is 187 Å². The molecule has 9 nitrogen and oxygen atoms in total. The molecular weight excluding hydrogens is 501 g/mol. The van der Waals surface area contributed by atoms with Gasteiger partial charge in [-0.25, -0.2) is 0 Å². The number of anilines is 3. The first-order valence-corrected chi connectivity index (χ1v) is 9.98. The van der Waals surface area contributed by atoms with Gasteiger partial charge < -0.3 is 20.5 Å². The average molecular weight is 521 g/mol. The molecule has 3 rings (SSSR count). The van der Waals surface area contributed by atoms with Crippen molar-refractivity contribution in [1.82, 2.24) is 0 Å². The fraction of sp³-hybridized carbons (Fsp3) is 0.200. The molecule has 1 heterocycles. The highest BCUT2D eigenvalue weighted by atomic mass is 127. The standard InChI is InChI=1S/C20H20IN5O4/c1-12(28)19(25-24-16-5-3-4-6-18(16)30-10-9-27)20(29)26(21)14-7-8-15-17(11-14)23-13(2)22-15/h3-8,11,19,22-23,27H,2,9-10H2,1H3. The van der Waals surface area contributed by atoms with E-state index < -0.39 is 17.7 Å². The Morgan fingerprint density at radius 3 is 2.70 bits per heavy atom. The number of carbonyl (C=O) groups excluding carboxylic acids is 2. The van der Waals surface area contributed by atoms with Gasteiger partial charge in [-0.3, -0.25) is 12.7 Å². The maximum atomic E-state index is 13.0. The molecule has 0 spiro atoms. The fourth-order valence-electron chi connectivity index (χ4n) is 2.70. The second-order valence-corrected chi connectivity index (χ2v) is 7.31. The summed E-state index contributed by atoms with van der Waals surface area (Å²) in [6.07, 6.45) is 0. The van der Waals surface area contributed by atoms with Crippen LogP contribution in [0.5, 0.6) is 5.75 Å². The van der Waals surface area contributed by atoms with Crippen LogP contribution in [0.15, 0.2) is 65.1 Å². The van der Waals surface area contributed by atoms with Crippen LogP contribution in [0.1, 0.15) is 6.92 Å². The van der Waals surface area contributed by atoms with Crippen molar-refractivity contribution in [3.05, 3.63) is 54.9 Å². The number of benzene rings is 2. The lowest BCUT2D eigenvalue weighted by Crippen LogP contribution is -2.35. The highest BCUT2D eigenvalue weighted by molar-refractivity contribution is 14.1. The molecule has 0 aliphatic carbocycles. The summed E-state index contributed by atoms with van der Waals surface area (Å²) in [4.78, 5) is 25.1. The molecule has 3 N–H and O–H groups in total.